The lowest BCUT2D eigenvalue weighted by molar-refractivity contribution is 0.0669. The summed E-state index contributed by atoms with van der Waals surface area (Å²) in [6, 6.07) is 4.16. The molecule has 3 heterocycles. The third kappa shape index (κ3) is 2.70. The SMILES string of the molecule is CN1CCC[C@H]1[C@H]1CCCN1C(=O)c1ccc(C(N)=O)s1. The number of carbonyl (C=O) groups is 2. The molecule has 0 bridgehead atoms. The van der Waals surface area contributed by atoms with Crippen LogP contribution in [0.3, 0.4) is 0 Å². The monoisotopic (exact) mass is 307 g/mol. The third-order valence-electron chi connectivity index (χ3n) is 4.64. The van der Waals surface area contributed by atoms with Crippen LogP contribution in [0.15, 0.2) is 12.1 Å². The van der Waals surface area contributed by atoms with Crippen LogP contribution in [0, 0.1) is 0 Å². The van der Waals surface area contributed by atoms with Crippen molar-refractivity contribution in [1.82, 2.24) is 9.80 Å². The van der Waals surface area contributed by atoms with Gasteiger partial charge in [0.05, 0.1) is 9.75 Å². The molecule has 0 unspecified atom stereocenters. The topological polar surface area (TPSA) is 66.6 Å². The molecule has 1 aromatic heterocycles. The van der Waals surface area contributed by atoms with Crippen molar-refractivity contribution in [3.05, 3.63) is 21.9 Å². The van der Waals surface area contributed by atoms with E-state index in [4.69, 9.17) is 5.73 Å². The first-order valence-electron chi connectivity index (χ1n) is 7.49. The molecule has 0 radical (unpaired) electrons. The van der Waals surface area contributed by atoms with Crippen LogP contribution in [0.5, 0.6) is 0 Å². The number of carbonyl (C=O) groups excluding carboxylic acids is 2. The number of likely N-dealkylation sites (N-methyl/N-ethyl adjacent to an activating group) is 1. The number of thiophene rings is 1. The van der Waals surface area contributed by atoms with E-state index >= 15 is 0 Å². The summed E-state index contributed by atoms with van der Waals surface area (Å²) in [4.78, 5) is 29.3. The van der Waals surface area contributed by atoms with Crippen molar-refractivity contribution in [1.29, 1.82) is 0 Å². The molecule has 2 saturated heterocycles. The standard InChI is InChI=1S/C15H21N3O2S/c1-17-8-2-4-10(17)11-5-3-9-18(11)15(20)13-7-6-12(21-13)14(16)19/h6-7,10-11H,2-5,8-9H2,1H3,(H2,16,19)/t10-,11+/m0/s1. The third-order valence-corrected chi connectivity index (χ3v) is 5.73. The number of amides is 2. The van der Waals surface area contributed by atoms with Gasteiger partial charge in [-0.3, -0.25) is 9.59 Å². The Labute approximate surface area is 128 Å². The van der Waals surface area contributed by atoms with Gasteiger partial charge in [-0.25, -0.2) is 0 Å². The Morgan fingerprint density at radius 2 is 1.81 bits per heavy atom. The molecule has 6 heteroatoms. The number of nitrogens with two attached hydrogens (primary N) is 1. The fourth-order valence-electron chi connectivity index (χ4n) is 3.59. The van der Waals surface area contributed by atoms with Crippen molar-refractivity contribution in [3.8, 4) is 0 Å². The fourth-order valence-corrected chi connectivity index (χ4v) is 4.41. The van der Waals surface area contributed by atoms with Crippen molar-refractivity contribution < 1.29 is 9.59 Å². The molecule has 5 nitrogen and oxygen atoms in total. The van der Waals surface area contributed by atoms with E-state index in [1.54, 1.807) is 12.1 Å². The van der Waals surface area contributed by atoms with Gasteiger partial charge in [-0.1, -0.05) is 0 Å². The molecule has 3 rings (SSSR count). The average molecular weight is 307 g/mol. The van der Waals surface area contributed by atoms with E-state index in [0.717, 1.165) is 25.9 Å². The second-order valence-corrected chi connectivity index (χ2v) is 7.01. The molecule has 2 aliphatic rings. The zero-order valence-corrected chi connectivity index (χ0v) is 13.1. The summed E-state index contributed by atoms with van der Waals surface area (Å²) in [5, 5.41) is 0. The van der Waals surface area contributed by atoms with Gasteiger partial charge in [-0.2, -0.15) is 0 Å². The first-order chi connectivity index (χ1) is 10.1. The van der Waals surface area contributed by atoms with Crippen LogP contribution in [-0.4, -0.2) is 53.8 Å². The largest absolute Gasteiger partial charge is 0.365 e. The molecule has 0 aliphatic carbocycles. The Kier molecular flexibility index (Phi) is 3.99. The van der Waals surface area contributed by atoms with Gasteiger partial charge in [0.1, 0.15) is 0 Å². The van der Waals surface area contributed by atoms with Crippen LogP contribution < -0.4 is 5.73 Å². The van der Waals surface area contributed by atoms with Gasteiger partial charge in [0.2, 0.25) is 0 Å². The maximum absolute atomic E-state index is 12.7. The lowest BCUT2D eigenvalue weighted by Crippen LogP contribution is -2.46. The van der Waals surface area contributed by atoms with E-state index in [1.807, 2.05) is 4.90 Å². The van der Waals surface area contributed by atoms with Crippen LogP contribution >= 0.6 is 11.3 Å². The lowest BCUT2D eigenvalue weighted by Gasteiger charge is -2.33. The number of hydrogen-bond donors (Lipinski definition) is 1. The fraction of sp³-hybridized carbons (Fsp3) is 0.600. The molecular formula is C15H21N3O2S. The molecule has 1 aromatic rings. The molecule has 0 spiro atoms. The quantitative estimate of drug-likeness (QED) is 0.921. The van der Waals surface area contributed by atoms with Crippen LogP contribution in [-0.2, 0) is 0 Å². The first kappa shape index (κ1) is 14.5. The molecule has 2 fully saturated rings. The molecule has 21 heavy (non-hydrogen) atoms. The van der Waals surface area contributed by atoms with E-state index in [0.29, 0.717) is 21.8 Å². The lowest BCUT2D eigenvalue weighted by atomic mass is 10.0. The van der Waals surface area contributed by atoms with Crippen LogP contribution in [0.4, 0.5) is 0 Å². The van der Waals surface area contributed by atoms with E-state index in [1.165, 1.54) is 24.2 Å². The van der Waals surface area contributed by atoms with Gasteiger partial charge >= 0.3 is 0 Å². The summed E-state index contributed by atoms with van der Waals surface area (Å²) in [5.41, 5.74) is 5.27. The Balaban J connectivity index is 1.77. The Morgan fingerprint density at radius 3 is 2.43 bits per heavy atom. The normalized spacial score (nSPS) is 26.4. The highest BCUT2D eigenvalue weighted by molar-refractivity contribution is 7.15. The maximum atomic E-state index is 12.7. The van der Waals surface area contributed by atoms with E-state index in [2.05, 4.69) is 11.9 Å². The van der Waals surface area contributed by atoms with Gasteiger partial charge in [-0.15, -0.1) is 11.3 Å². The zero-order chi connectivity index (χ0) is 15.0. The Bertz CT molecular complexity index is 557. The molecule has 2 N–H and O–H groups in total. The van der Waals surface area contributed by atoms with Crippen molar-refractivity contribution in [2.75, 3.05) is 20.1 Å². The van der Waals surface area contributed by atoms with Gasteiger partial charge in [-0.05, 0) is 51.4 Å². The minimum absolute atomic E-state index is 0.0512. The number of primary amides is 1. The van der Waals surface area contributed by atoms with Crippen molar-refractivity contribution >= 4 is 23.2 Å². The summed E-state index contributed by atoms with van der Waals surface area (Å²) in [6.07, 6.45) is 4.52. The average Bonchev–Trinajstić information content (AvgIpc) is 3.17. The van der Waals surface area contributed by atoms with Gasteiger partial charge < -0.3 is 15.5 Å². The Hall–Kier alpha value is -1.40. The molecule has 2 atom stereocenters. The predicted molar refractivity (Wildman–Crippen MR) is 82.5 cm³/mol. The summed E-state index contributed by atoms with van der Waals surface area (Å²) in [6.45, 7) is 1.94. The molecule has 2 aliphatic heterocycles. The number of likely N-dealkylation sites (tertiary alicyclic amines) is 2. The Morgan fingerprint density at radius 1 is 1.14 bits per heavy atom. The highest BCUT2D eigenvalue weighted by Crippen LogP contribution is 2.31. The first-order valence-corrected chi connectivity index (χ1v) is 8.30. The molecule has 0 aromatic carbocycles. The summed E-state index contributed by atoms with van der Waals surface area (Å²) in [7, 11) is 2.15. The highest BCUT2D eigenvalue weighted by atomic mass is 32.1. The van der Waals surface area contributed by atoms with Crippen LogP contribution in [0.2, 0.25) is 0 Å². The minimum Gasteiger partial charge on any atom is -0.365 e. The minimum atomic E-state index is -0.465. The predicted octanol–water partition coefficient (Wildman–Crippen LogP) is 1.55. The molecule has 0 saturated carbocycles. The zero-order valence-electron chi connectivity index (χ0n) is 12.2. The van der Waals surface area contributed by atoms with E-state index in [9.17, 15) is 9.59 Å². The van der Waals surface area contributed by atoms with E-state index in [-0.39, 0.29) is 5.91 Å². The number of rotatable bonds is 3. The second-order valence-electron chi connectivity index (χ2n) is 5.93. The number of hydrogen-bond acceptors (Lipinski definition) is 4. The molecule has 2 amide bonds. The second kappa shape index (κ2) is 5.77. The maximum Gasteiger partial charge on any atom is 0.264 e. The van der Waals surface area contributed by atoms with Crippen molar-refractivity contribution in [2.45, 2.75) is 37.8 Å². The highest BCUT2D eigenvalue weighted by Gasteiger charge is 2.38. The van der Waals surface area contributed by atoms with E-state index < -0.39 is 5.91 Å². The van der Waals surface area contributed by atoms with Crippen molar-refractivity contribution in [3.63, 3.8) is 0 Å². The van der Waals surface area contributed by atoms with Crippen LogP contribution in [0.25, 0.3) is 0 Å². The number of nitrogens with zero attached hydrogens (tertiary/aromatic N) is 2. The summed E-state index contributed by atoms with van der Waals surface area (Å²) in [5.74, 6) is -0.414. The summed E-state index contributed by atoms with van der Waals surface area (Å²) >= 11 is 1.20. The smallest absolute Gasteiger partial charge is 0.264 e. The van der Waals surface area contributed by atoms with Gasteiger partial charge in [0.25, 0.3) is 11.8 Å². The van der Waals surface area contributed by atoms with Gasteiger partial charge in [0, 0.05) is 18.6 Å². The molecule has 114 valence electrons. The summed E-state index contributed by atoms with van der Waals surface area (Å²) < 4.78 is 0. The van der Waals surface area contributed by atoms with Crippen LogP contribution in [0.1, 0.15) is 45.0 Å². The van der Waals surface area contributed by atoms with Crippen molar-refractivity contribution in [2.24, 2.45) is 5.73 Å². The molecular weight excluding hydrogens is 286 g/mol. The van der Waals surface area contributed by atoms with Gasteiger partial charge in [0.15, 0.2) is 0 Å².